The quantitative estimate of drug-likeness (QED) is 0.129. The summed E-state index contributed by atoms with van der Waals surface area (Å²) in [5.41, 5.74) is 5.03. The van der Waals surface area contributed by atoms with Gasteiger partial charge in [-0.25, -0.2) is 13.9 Å². The molecule has 0 bridgehead atoms. The molecular formula is C47H55FN6O6. The molecule has 316 valence electrons. The first kappa shape index (κ1) is 41.3. The number of hydrogen-bond donors (Lipinski definition) is 1. The van der Waals surface area contributed by atoms with E-state index in [1.807, 2.05) is 63.0 Å². The van der Waals surface area contributed by atoms with Gasteiger partial charge in [0.05, 0.1) is 17.8 Å². The minimum Gasteiger partial charge on any atom is -0.486 e. The fourth-order valence-electron chi connectivity index (χ4n) is 8.22. The lowest BCUT2D eigenvalue weighted by Gasteiger charge is -2.29. The number of aromatic nitrogens is 4. The molecule has 1 amide bonds. The molecule has 13 heteroatoms. The van der Waals surface area contributed by atoms with E-state index in [4.69, 9.17) is 40.4 Å². The number of aliphatic hydroxyl groups excluding tert-OH is 1. The molecule has 2 aliphatic heterocycles. The van der Waals surface area contributed by atoms with Crippen molar-refractivity contribution in [2.45, 2.75) is 123 Å². The van der Waals surface area contributed by atoms with Gasteiger partial charge in [0.25, 0.3) is 0 Å². The highest BCUT2D eigenvalue weighted by molar-refractivity contribution is 6.06. The molecule has 2 saturated heterocycles. The van der Waals surface area contributed by atoms with Gasteiger partial charge in [0.15, 0.2) is 12.0 Å². The van der Waals surface area contributed by atoms with E-state index in [1.54, 1.807) is 31.7 Å². The number of fused-ring (bicyclic) bond motifs is 2. The number of benzene rings is 3. The normalized spacial score (nSPS) is 19.3. The zero-order chi connectivity index (χ0) is 42.5. The number of carbonyl (C=O) groups excluding carboxylic acids is 1. The van der Waals surface area contributed by atoms with Crippen LogP contribution < -0.4 is 14.4 Å². The van der Waals surface area contributed by atoms with Crippen LogP contribution in [0.25, 0.3) is 32.9 Å². The van der Waals surface area contributed by atoms with Crippen molar-refractivity contribution in [3.8, 4) is 35.2 Å². The topological polar surface area (TPSA) is 124 Å². The van der Waals surface area contributed by atoms with Crippen molar-refractivity contribution in [1.82, 2.24) is 24.6 Å². The number of aliphatic hydroxyl groups is 1. The van der Waals surface area contributed by atoms with Crippen molar-refractivity contribution in [2.24, 2.45) is 0 Å². The third kappa shape index (κ3) is 8.32. The number of likely N-dealkylation sites (N-methyl/N-ethyl adjacent to an activating group) is 1. The number of rotatable bonds is 11. The highest BCUT2D eigenvalue weighted by Gasteiger charge is 2.37. The first-order chi connectivity index (χ1) is 28.7. The van der Waals surface area contributed by atoms with Crippen molar-refractivity contribution in [3.05, 3.63) is 70.7 Å². The summed E-state index contributed by atoms with van der Waals surface area (Å²) in [5, 5.41) is 16.9. The van der Waals surface area contributed by atoms with E-state index in [-0.39, 0.29) is 42.7 Å². The van der Waals surface area contributed by atoms with Crippen molar-refractivity contribution < 1.29 is 33.2 Å². The maximum atomic E-state index is 16.5. The minimum atomic E-state index is -0.815. The molecular weight excluding hydrogens is 764 g/mol. The molecule has 8 rings (SSSR count). The van der Waals surface area contributed by atoms with E-state index in [9.17, 15) is 9.90 Å². The van der Waals surface area contributed by atoms with Gasteiger partial charge in [-0.15, -0.1) is 6.42 Å². The van der Waals surface area contributed by atoms with Gasteiger partial charge in [-0.1, -0.05) is 18.1 Å². The Labute approximate surface area is 351 Å². The second kappa shape index (κ2) is 16.5. The maximum absolute atomic E-state index is 16.5. The molecule has 12 nitrogen and oxygen atoms in total. The Balaban J connectivity index is 1.35. The van der Waals surface area contributed by atoms with Crippen LogP contribution in [0.4, 0.5) is 15.0 Å². The molecule has 3 fully saturated rings. The molecule has 0 spiro atoms. The fourth-order valence-corrected chi connectivity index (χ4v) is 8.22. The van der Waals surface area contributed by atoms with Crippen molar-refractivity contribution in [1.29, 1.82) is 0 Å². The molecule has 1 saturated carbocycles. The predicted octanol–water partition coefficient (Wildman–Crippen LogP) is 8.82. The Morgan fingerprint density at radius 3 is 2.52 bits per heavy atom. The van der Waals surface area contributed by atoms with Crippen molar-refractivity contribution >= 4 is 33.7 Å². The van der Waals surface area contributed by atoms with Gasteiger partial charge < -0.3 is 33.9 Å². The number of amides is 1. The molecule has 1 aliphatic carbocycles. The van der Waals surface area contributed by atoms with E-state index in [2.05, 4.69) is 16.9 Å². The van der Waals surface area contributed by atoms with Gasteiger partial charge in [-0.05, 0) is 121 Å². The summed E-state index contributed by atoms with van der Waals surface area (Å²) in [4.78, 5) is 27.1. The van der Waals surface area contributed by atoms with Crippen LogP contribution in [0, 0.1) is 25.1 Å². The zero-order valence-electron chi connectivity index (χ0n) is 35.6. The van der Waals surface area contributed by atoms with Crippen LogP contribution in [0.3, 0.4) is 0 Å². The van der Waals surface area contributed by atoms with E-state index in [1.165, 1.54) is 0 Å². The SMILES string of the molecule is C#Cc1ccc(COc2c(-c3c(C)c(F)cc4c3cnn4C3CCCCO3)c(C3CC3)cc3c(N(C)[C@H]4CCN(C(=O)OC(C)(C)C)C4)nc(O[C@@H](C)[C@H](C)O)nc23)cc1. The number of halogens is 1. The lowest BCUT2D eigenvalue weighted by atomic mass is 9.88. The van der Waals surface area contributed by atoms with Crippen LogP contribution in [0.15, 0.2) is 42.6 Å². The molecule has 60 heavy (non-hydrogen) atoms. The zero-order valence-corrected chi connectivity index (χ0v) is 35.6. The van der Waals surface area contributed by atoms with Gasteiger partial charge in [-0.3, -0.25) is 0 Å². The lowest BCUT2D eigenvalue weighted by molar-refractivity contribution is -0.0366. The van der Waals surface area contributed by atoms with Crippen LogP contribution in [-0.2, 0) is 16.1 Å². The summed E-state index contributed by atoms with van der Waals surface area (Å²) in [6, 6.07) is 11.3. The predicted molar refractivity (Wildman–Crippen MR) is 229 cm³/mol. The van der Waals surface area contributed by atoms with Crippen LogP contribution in [0.5, 0.6) is 11.8 Å². The summed E-state index contributed by atoms with van der Waals surface area (Å²) in [6.07, 6.45) is 10.7. The first-order valence-electron chi connectivity index (χ1n) is 21.1. The molecule has 5 aromatic rings. The van der Waals surface area contributed by atoms with Crippen LogP contribution in [0.1, 0.15) is 108 Å². The van der Waals surface area contributed by atoms with Crippen molar-refractivity contribution in [2.75, 3.05) is 31.6 Å². The molecule has 1 N–H and O–H groups in total. The number of terminal acetylenes is 1. The smallest absolute Gasteiger partial charge is 0.410 e. The second-order valence-electron chi connectivity index (χ2n) is 17.5. The van der Waals surface area contributed by atoms with Crippen LogP contribution in [0.2, 0.25) is 0 Å². The Kier molecular flexibility index (Phi) is 11.4. The number of ether oxygens (including phenoxy) is 4. The molecule has 3 aromatic carbocycles. The van der Waals surface area contributed by atoms with E-state index < -0.39 is 17.8 Å². The third-order valence-corrected chi connectivity index (χ3v) is 11.9. The average Bonchev–Trinajstić information content (AvgIpc) is 3.79. The number of likely N-dealkylation sites (tertiary alicyclic amines) is 1. The molecule has 0 radical (unpaired) electrons. The molecule has 3 aliphatic rings. The maximum Gasteiger partial charge on any atom is 0.410 e. The monoisotopic (exact) mass is 818 g/mol. The summed E-state index contributed by atoms with van der Waals surface area (Å²) >= 11 is 0. The Morgan fingerprint density at radius 1 is 1.08 bits per heavy atom. The second-order valence-corrected chi connectivity index (χ2v) is 17.5. The Bertz CT molecular complexity index is 2440. The molecule has 2 aromatic heterocycles. The highest BCUT2D eigenvalue weighted by atomic mass is 19.1. The van der Waals surface area contributed by atoms with Crippen LogP contribution >= 0.6 is 0 Å². The summed E-state index contributed by atoms with van der Waals surface area (Å²) < 4.78 is 43.4. The number of anilines is 1. The van der Waals surface area contributed by atoms with Gasteiger partial charge in [0, 0.05) is 66.3 Å². The molecule has 1 unspecified atom stereocenters. The van der Waals surface area contributed by atoms with Gasteiger partial charge >= 0.3 is 12.1 Å². The van der Waals surface area contributed by atoms with Crippen molar-refractivity contribution in [3.63, 3.8) is 0 Å². The molecule has 4 atom stereocenters. The summed E-state index contributed by atoms with van der Waals surface area (Å²) in [6.45, 7) is 12.5. The van der Waals surface area contributed by atoms with Gasteiger partial charge in [0.1, 0.15) is 35.5 Å². The fraction of sp³-hybridized carbons (Fsp3) is 0.489. The highest BCUT2D eigenvalue weighted by Crippen LogP contribution is 2.53. The Morgan fingerprint density at radius 2 is 1.85 bits per heavy atom. The summed E-state index contributed by atoms with van der Waals surface area (Å²) in [7, 11) is 1.97. The van der Waals surface area contributed by atoms with E-state index >= 15 is 4.39 Å². The van der Waals surface area contributed by atoms with Crippen LogP contribution in [-0.4, -0.2) is 86.4 Å². The first-order valence-corrected chi connectivity index (χ1v) is 21.1. The summed E-state index contributed by atoms with van der Waals surface area (Å²) in [5.74, 6) is 3.54. The lowest BCUT2D eigenvalue weighted by Crippen LogP contribution is -2.39. The van der Waals surface area contributed by atoms with E-state index in [0.29, 0.717) is 59.8 Å². The standard InChI is InChI=1S/C47H55FN6O6/c1-9-30-13-15-31(16-14-30)26-58-43-41(40-27(2)37(48)23-38-36(40)24-49-54(38)39-12-10-11-21-57-39)34(32-17-18-32)22-35-42(43)50-45(59-29(4)28(3)55)51-44(35)52(8)33-19-20-53(25-33)46(56)60-47(5,6)7/h1,13-16,22-24,28-29,32-33,39,55H,10-12,17-21,25-26H2,2-8H3/t28-,29-,33-,39?/m0/s1. The third-order valence-electron chi connectivity index (χ3n) is 11.9. The average molecular weight is 819 g/mol. The number of carbonyl (C=O) groups is 1. The number of nitrogens with zero attached hydrogens (tertiary/aromatic N) is 6. The van der Waals surface area contributed by atoms with Gasteiger partial charge in [0.2, 0.25) is 0 Å². The van der Waals surface area contributed by atoms with E-state index in [0.717, 1.165) is 65.1 Å². The molecule has 4 heterocycles. The Hall–Kier alpha value is -5.45. The minimum absolute atomic E-state index is 0.0523. The van der Waals surface area contributed by atoms with Gasteiger partial charge in [-0.2, -0.15) is 15.1 Å². The number of hydrogen-bond acceptors (Lipinski definition) is 10. The largest absolute Gasteiger partial charge is 0.486 e.